The summed E-state index contributed by atoms with van der Waals surface area (Å²) in [6.45, 7) is 7.38. The number of fused-ring (bicyclic) bond motifs is 1. The van der Waals surface area contributed by atoms with E-state index in [0.717, 1.165) is 44.4 Å². The second-order valence-electron chi connectivity index (χ2n) is 6.50. The zero-order valence-electron chi connectivity index (χ0n) is 15.7. The van der Waals surface area contributed by atoms with Crippen molar-refractivity contribution in [1.29, 1.82) is 0 Å². The Morgan fingerprint density at radius 3 is 2.63 bits per heavy atom. The standard InChI is InChI=1S/C21H22N4OS/c1-4-25-17-10-6-5-9-16(17)23-18(25)13-22-20(26)19-14(2)15(3)27-21(19)24-11-7-8-12-24/h5-12H,4,13H2,1-3H3,(H,22,26). The summed E-state index contributed by atoms with van der Waals surface area (Å²) in [6.07, 6.45) is 3.94. The normalized spacial score (nSPS) is 11.2. The predicted octanol–water partition coefficient (Wildman–Crippen LogP) is 4.46. The van der Waals surface area contributed by atoms with E-state index in [2.05, 4.69) is 29.8 Å². The second-order valence-corrected chi connectivity index (χ2v) is 7.70. The van der Waals surface area contributed by atoms with Gasteiger partial charge in [0.1, 0.15) is 10.8 Å². The van der Waals surface area contributed by atoms with Crippen LogP contribution in [0.4, 0.5) is 0 Å². The molecule has 0 spiro atoms. The second kappa shape index (κ2) is 7.04. The van der Waals surface area contributed by atoms with Gasteiger partial charge in [0.05, 0.1) is 23.1 Å². The van der Waals surface area contributed by atoms with Gasteiger partial charge in [-0.3, -0.25) is 4.79 Å². The summed E-state index contributed by atoms with van der Waals surface area (Å²) in [5.41, 5.74) is 3.83. The van der Waals surface area contributed by atoms with Gasteiger partial charge in [-0.05, 0) is 50.6 Å². The molecule has 5 nitrogen and oxygen atoms in total. The molecule has 0 unspecified atom stereocenters. The number of imidazole rings is 1. The van der Waals surface area contributed by atoms with Crippen LogP contribution in [0.25, 0.3) is 16.0 Å². The van der Waals surface area contributed by atoms with E-state index in [1.54, 1.807) is 11.3 Å². The lowest BCUT2D eigenvalue weighted by atomic mass is 10.1. The number of carbonyl (C=O) groups is 1. The first-order valence-electron chi connectivity index (χ1n) is 9.05. The highest BCUT2D eigenvalue weighted by Gasteiger charge is 2.21. The van der Waals surface area contributed by atoms with Gasteiger partial charge in [0, 0.05) is 23.8 Å². The van der Waals surface area contributed by atoms with E-state index in [9.17, 15) is 4.79 Å². The van der Waals surface area contributed by atoms with Gasteiger partial charge >= 0.3 is 0 Å². The van der Waals surface area contributed by atoms with E-state index >= 15 is 0 Å². The van der Waals surface area contributed by atoms with E-state index in [4.69, 9.17) is 4.98 Å². The number of hydrogen-bond acceptors (Lipinski definition) is 3. The fourth-order valence-electron chi connectivity index (χ4n) is 3.39. The van der Waals surface area contributed by atoms with Crippen LogP contribution in [0.5, 0.6) is 0 Å². The predicted molar refractivity (Wildman–Crippen MR) is 110 cm³/mol. The lowest BCUT2D eigenvalue weighted by Gasteiger charge is -2.10. The number of rotatable bonds is 5. The van der Waals surface area contributed by atoms with Crippen molar-refractivity contribution < 1.29 is 4.79 Å². The third kappa shape index (κ3) is 3.06. The minimum Gasteiger partial charge on any atom is -0.345 e. The lowest BCUT2D eigenvalue weighted by molar-refractivity contribution is 0.0949. The molecule has 0 aliphatic carbocycles. The van der Waals surface area contributed by atoms with Crippen LogP contribution in [0.3, 0.4) is 0 Å². The third-order valence-corrected chi connectivity index (χ3v) is 6.11. The number of nitrogens with one attached hydrogen (secondary N) is 1. The molecule has 4 aromatic rings. The topological polar surface area (TPSA) is 51.9 Å². The molecule has 27 heavy (non-hydrogen) atoms. The summed E-state index contributed by atoms with van der Waals surface area (Å²) >= 11 is 1.64. The van der Waals surface area contributed by atoms with Crippen molar-refractivity contribution in [3.63, 3.8) is 0 Å². The van der Waals surface area contributed by atoms with Crippen molar-refractivity contribution in [1.82, 2.24) is 19.4 Å². The number of nitrogens with zero attached hydrogens (tertiary/aromatic N) is 3. The number of para-hydroxylation sites is 2. The SMILES string of the molecule is CCn1c(CNC(=O)c2c(-n3cccc3)sc(C)c2C)nc2ccccc21. The molecule has 0 radical (unpaired) electrons. The molecule has 6 heteroatoms. The van der Waals surface area contributed by atoms with E-state index in [1.165, 1.54) is 0 Å². The molecule has 0 saturated carbocycles. The van der Waals surface area contributed by atoms with Gasteiger partial charge in [-0.15, -0.1) is 11.3 Å². The Morgan fingerprint density at radius 1 is 1.15 bits per heavy atom. The molecule has 138 valence electrons. The van der Waals surface area contributed by atoms with Gasteiger partial charge in [-0.25, -0.2) is 4.98 Å². The Labute approximate surface area is 162 Å². The summed E-state index contributed by atoms with van der Waals surface area (Å²) < 4.78 is 4.15. The zero-order valence-corrected chi connectivity index (χ0v) is 16.5. The lowest BCUT2D eigenvalue weighted by Crippen LogP contribution is -2.26. The quantitative estimate of drug-likeness (QED) is 0.558. The highest BCUT2D eigenvalue weighted by molar-refractivity contribution is 7.15. The summed E-state index contributed by atoms with van der Waals surface area (Å²) in [6, 6.07) is 12.0. The first-order chi connectivity index (χ1) is 13.1. The molecule has 1 aromatic carbocycles. The van der Waals surface area contributed by atoms with Gasteiger partial charge in [-0.2, -0.15) is 0 Å². The maximum atomic E-state index is 13.0. The molecule has 3 heterocycles. The molecule has 1 N–H and O–H groups in total. The summed E-state index contributed by atoms with van der Waals surface area (Å²) in [5, 5.41) is 4.03. The fraction of sp³-hybridized carbons (Fsp3) is 0.238. The van der Waals surface area contributed by atoms with Crippen LogP contribution < -0.4 is 5.32 Å². The van der Waals surface area contributed by atoms with Crippen molar-refractivity contribution in [2.45, 2.75) is 33.9 Å². The highest BCUT2D eigenvalue weighted by atomic mass is 32.1. The zero-order chi connectivity index (χ0) is 19.0. The maximum absolute atomic E-state index is 13.0. The Kier molecular flexibility index (Phi) is 4.58. The van der Waals surface area contributed by atoms with Gasteiger partial charge < -0.3 is 14.5 Å². The highest BCUT2D eigenvalue weighted by Crippen LogP contribution is 2.31. The van der Waals surface area contributed by atoms with Crippen molar-refractivity contribution >= 4 is 28.3 Å². The molecule has 0 aliphatic heterocycles. The molecule has 0 atom stereocenters. The third-order valence-electron chi connectivity index (χ3n) is 4.89. The average Bonchev–Trinajstić information content (AvgIpc) is 3.38. The van der Waals surface area contributed by atoms with E-state index < -0.39 is 0 Å². The van der Waals surface area contributed by atoms with Crippen LogP contribution in [-0.2, 0) is 13.1 Å². The van der Waals surface area contributed by atoms with Gasteiger partial charge in [0.2, 0.25) is 0 Å². The van der Waals surface area contributed by atoms with Crippen molar-refractivity contribution in [2.75, 3.05) is 0 Å². The number of carbonyl (C=O) groups excluding carboxylic acids is 1. The minimum atomic E-state index is -0.0599. The molecule has 4 rings (SSSR count). The average molecular weight is 379 g/mol. The van der Waals surface area contributed by atoms with E-state index in [-0.39, 0.29) is 5.91 Å². The van der Waals surface area contributed by atoms with Crippen LogP contribution in [0, 0.1) is 13.8 Å². The number of thiophene rings is 1. The van der Waals surface area contributed by atoms with Crippen molar-refractivity contribution in [3.8, 4) is 5.00 Å². The number of aryl methyl sites for hydroxylation is 2. The monoisotopic (exact) mass is 378 g/mol. The van der Waals surface area contributed by atoms with Crippen molar-refractivity contribution in [3.05, 3.63) is 70.6 Å². The van der Waals surface area contributed by atoms with Crippen LogP contribution in [0.15, 0.2) is 48.8 Å². The van der Waals surface area contributed by atoms with E-state index in [0.29, 0.717) is 6.54 Å². The van der Waals surface area contributed by atoms with Crippen molar-refractivity contribution in [2.24, 2.45) is 0 Å². The molecule has 3 aromatic heterocycles. The Hall–Kier alpha value is -2.86. The van der Waals surface area contributed by atoms with Crippen LogP contribution in [0.1, 0.15) is 33.5 Å². The first kappa shape index (κ1) is 17.5. The number of benzene rings is 1. The Morgan fingerprint density at radius 2 is 1.89 bits per heavy atom. The largest absolute Gasteiger partial charge is 0.345 e. The maximum Gasteiger partial charge on any atom is 0.254 e. The fourth-order valence-corrected chi connectivity index (χ4v) is 4.51. The number of aromatic nitrogens is 3. The molecule has 0 bridgehead atoms. The van der Waals surface area contributed by atoms with Gasteiger partial charge in [0.25, 0.3) is 5.91 Å². The minimum absolute atomic E-state index is 0.0599. The van der Waals surface area contributed by atoms with Crippen LogP contribution in [-0.4, -0.2) is 20.0 Å². The van der Waals surface area contributed by atoms with Gasteiger partial charge in [0.15, 0.2) is 0 Å². The van der Waals surface area contributed by atoms with Crippen LogP contribution >= 0.6 is 11.3 Å². The Balaban J connectivity index is 1.63. The first-order valence-corrected chi connectivity index (χ1v) is 9.87. The molecule has 1 amide bonds. The summed E-state index contributed by atoms with van der Waals surface area (Å²) in [7, 11) is 0. The summed E-state index contributed by atoms with van der Waals surface area (Å²) in [4.78, 5) is 18.9. The number of amides is 1. The van der Waals surface area contributed by atoms with Gasteiger partial charge in [-0.1, -0.05) is 12.1 Å². The molecule has 0 saturated heterocycles. The summed E-state index contributed by atoms with van der Waals surface area (Å²) in [5.74, 6) is 0.814. The number of hydrogen-bond donors (Lipinski definition) is 1. The molecule has 0 aliphatic rings. The molecular weight excluding hydrogens is 356 g/mol. The van der Waals surface area contributed by atoms with E-state index in [1.807, 2.05) is 54.2 Å². The molecular formula is C21H22N4OS. The molecule has 0 fully saturated rings. The van der Waals surface area contributed by atoms with Crippen LogP contribution in [0.2, 0.25) is 0 Å². The Bertz CT molecular complexity index is 1110. The smallest absolute Gasteiger partial charge is 0.254 e.